The van der Waals surface area contributed by atoms with Gasteiger partial charge in [-0.25, -0.2) is 4.79 Å². The summed E-state index contributed by atoms with van der Waals surface area (Å²) in [6, 6.07) is 13.0. The van der Waals surface area contributed by atoms with Crippen molar-refractivity contribution >= 4 is 40.7 Å². The van der Waals surface area contributed by atoms with Gasteiger partial charge in [0.15, 0.2) is 5.75 Å². The Balaban J connectivity index is 1.60. The van der Waals surface area contributed by atoms with Crippen LogP contribution in [0.5, 0.6) is 5.75 Å². The summed E-state index contributed by atoms with van der Waals surface area (Å²) in [5, 5.41) is 15.8. The maximum atomic E-state index is 12.9. The van der Waals surface area contributed by atoms with Crippen LogP contribution in [-0.2, 0) is 16.0 Å². The first-order chi connectivity index (χ1) is 16.9. The van der Waals surface area contributed by atoms with Crippen LogP contribution in [0.4, 0.5) is 5.69 Å². The van der Waals surface area contributed by atoms with E-state index < -0.39 is 17.9 Å². The van der Waals surface area contributed by atoms with Gasteiger partial charge in [-0.2, -0.15) is 0 Å². The van der Waals surface area contributed by atoms with Crippen molar-refractivity contribution < 1.29 is 24.2 Å². The fourth-order valence-corrected chi connectivity index (χ4v) is 3.67. The van der Waals surface area contributed by atoms with Gasteiger partial charge in [0, 0.05) is 36.0 Å². The number of nitrogens with two attached hydrogens (primary N) is 1. The van der Waals surface area contributed by atoms with E-state index in [-0.39, 0.29) is 18.0 Å². The quantitative estimate of drug-likeness (QED) is 0.153. The number of carboxylic acid groups (broad SMARTS) is 1. The predicted molar refractivity (Wildman–Crippen MR) is 134 cm³/mol. The highest BCUT2D eigenvalue weighted by Gasteiger charge is 2.25. The number of aliphatic carboxylic acids is 1. The Hall–Kier alpha value is -4.34. The van der Waals surface area contributed by atoms with Crippen LogP contribution in [0.1, 0.15) is 35.3 Å². The Morgan fingerprint density at radius 3 is 2.57 bits per heavy atom. The van der Waals surface area contributed by atoms with Crippen LogP contribution in [0.15, 0.2) is 53.5 Å². The number of methoxy groups -OCH3 is 1. The third kappa shape index (κ3) is 6.83. The number of amides is 2. The van der Waals surface area contributed by atoms with E-state index >= 15 is 0 Å². The van der Waals surface area contributed by atoms with Crippen LogP contribution < -0.4 is 21.1 Å². The molecule has 3 rings (SSSR count). The molecule has 3 aromatic rings. The van der Waals surface area contributed by atoms with Crippen LogP contribution in [0, 0.1) is 0 Å². The van der Waals surface area contributed by atoms with Gasteiger partial charge >= 0.3 is 5.97 Å². The van der Waals surface area contributed by atoms with Crippen molar-refractivity contribution in [3.05, 3.63) is 59.8 Å². The second-order valence-electron chi connectivity index (χ2n) is 7.90. The van der Waals surface area contributed by atoms with Crippen molar-refractivity contribution in [1.82, 2.24) is 10.3 Å². The number of H-pyrrole nitrogens is 1. The van der Waals surface area contributed by atoms with Crippen LogP contribution in [0.2, 0.25) is 0 Å². The number of carbonyl (C=O) groups excluding carboxylic acids is 2. The standard InChI is InChI=1S/C25H29N5O5/c1-35-23-18-6-2-3-7-19(18)29-22(23)24(32)30-20(25(33)34)14-16-9-11-17(12-10-16)28-21(31)8-4-5-13-27-15-26/h2-3,6-7,9-12,15,20,29H,4-5,8,13-14H2,1H3,(H2,26,27)(H,28,31)(H,30,32)(H,33,34). The first-order valence-corrected chi connectivity index (χ1v) is 11.2. The molecular weight excluding hydrogens is 450 g/mol. The lowest BCUT2D eigenvalue weighted by Crippen LogP contribution is -2.42. The monoisotopic (exact) mass is 479 g/mol. The molecule has 2 aromatic carbocycles. The fourth-order valence-electron chi connectivity index (χ4n) is 3.67. The molecule has 35 heavy (non-hydrogen) atoms. The zero-order valence-electron chi connectivity index (χ0n) is 19.4. The van der Waals surface area contributed by atoms with Gasteiger partial charge in [-0.1, -0.05) is 24.3 Å². The summed E-state index contributed by atoms with van der Waals surface area (Å²) in [6.07, 6.45) is 3.15. The molecule has 0 fully saturated rings. The number of unbranched alkanes of at least 4 members (excludes halogenated alkanes) is 1. The SMILES string of the molecule is COc1c(C(=O)NC(Cc2ccc(NC(=O)CCCCN=CN)cc2)C(=O)O)[nH]c2ccccc12. The van der Waals surface area contributed by atoms with E-state index in [2.05, 4.69) is 20.6 Å². The van der Waals surface area contributed by atoms with Gasteiger partial charge in [-0.3, -0.25) is 14.6 Å². The van der Waals surface area contributed by atoms with Crippen molar-refractivity contribution in [1.29, 1.82) is 0 Å². The third-order valence-corrected chi connectivity index (χ3v) is 5.42. The molecule has 0 saturated heterocycles. The second kappa shape index (κ2) is 12.2. The van der Waals surface area contributed by atoms with Crippen molar-refractivity contribution in [2.45, 2.75) is 31.7 Å². The molecule has 0 aliphatic rings. The lowest BCUT2D eigenvalue weighted by molar-refractivity contribution is -0.139. The minimum atomic E-state index is -1.16. The van der Waals surface area contributed by atoms with Crippen LogP contribution in [0.3, 0.4) is 0 Å². The largest absolute Gasteiger partial charge is 0.494 e. The molecule has 1 unspecified atom stereocenters. The number of hydrogen-bond acceptors (Lipinski definition) is 5. The number of aliphatic imine (C=N–C) groups is 1. The highest BCUT2D eigenvalue weighted by atomic mass is 16.5. The normalized spacial score (nSPS) is 11.9. The summed E-state index contributed by atoms with van der Waals surface area (Å²) >= 11 is 0. The molecule has 2 amide bonds. The second-order valence-corrected chi connectivity index (χ2v) is 7.90. The molecule has 6 N–H and O–H groups in total. The number of carboxylic acids is 1. The molecule has 1 atom stereocenters. The van der Waals surface area contributed by atoms with Gasteiger partial charge in [-0.15, -0.1) is 0 Å². The number of benzene rings is 2. The smallest absolute Gasteiger partial charge is 0.326 e. The summed E-state index contributed by atoms with van der Waals surface area (Å²) in [6.45, 7) is 0.590. The highest BCUT2D eigenvalue weighted by molar-refractivity contribution is 6.04. The molecule has 1 heterocycles. The average molecular weight is 480 g/mol. The third-order valence-electron chi connectivity index (χ3n) is 5.42. The number of hydrogen-bond donors (Lipinski definition) is 5. The van der Waals surface area contributed by atoms with E-state index in [1.54, 1.807) is 30.3 Å². The number of carbonyl (C=O) groups is 3. The number of rotatable bonds is 12. The first kappa shape index (κ1) is 25.3. The van der Waals surface area contributed by atoms with Crippen LogP contribution in [-0.4, -0.2) is 53.9 Å². The maximum absolute atomic E-state index is 12.9. The molecule has 10 nitrogen and oxygen atoms in total. The minimum absolute atomic E-state index is 0.0690. The number of ether oxygens (including phenoxy) is 1. The van der Waals surface area contributed by atoms with E-state index in [1.807, 2.05) is 18.2 Å². The lowest BCUT2D eigenvalue weighted by atomic mass is 10.1. The zero-order valence-corrected chi connectivity index (χ0v) is 19.4. The highest BCUT2D eigenvalue weighted by Crippen LogP contribution is 2.29. The summed E-state index contributed by atoms with van der Waals surface area (Å²) in [4.78, 5) is 43.7. The molecule has 0 radical (unpaired) electrons. The molecular formula is C25H29N5O5. The van der Waals surface area contributed by atoms with Crippen LogP contribution in [0.25, 0.3) is 10.9 Å². The van der Waals surface area contributed by atoms with Gasteiger partial charge < -0.3 is 31.2 Å². The van der Waals surface area contributed by atoms with Crippen molar-refractivity contribution in [2.75, 3.05) is 19.0 Å². The average Bonchev–Trinajstić information content (AvgIpc) is 3.23. The van der Waals surface area contributed by atoms with Crippen molar-refractivity contribution in [3.8, 4) is 5.75 Å². The Bertz CT molecular complexity index is 1200. The number of anilines is 1. The Labute approximate surface area is 202 Å². The van der Waals surface area contributed by atoms with E-state index in [1.165, 1.54) is 13.4 Å². The van der Waals surface area contributed by atoms with E-state index in [9.17, 15) is 19.5 Å². The minimum Gasteiger partial charge on any atom is -0.494 e. The predicted octanol–water partition coefficient (Wildman–Crippen LogP) is 2.70. The van der Waals surface area contributed by atoms with E-state index in [4.69, 9.17) is 10.5 Å². The van der Waals surface area contributed by atoms with Crippen molar-refractivity contribution in [3.63, 3.8) is 0 Å². The van der Waals surface area contributed by atoms with Gasteiger partial charge in [0.1, 0.15) is 11.7 Å². The first-order valence-electron chi connectivity index (χ1n) is 11.2. The molecule has 0 aliphatic heterocycles. The van der Waals surface area contributed by atoms with Gasteiger partial charge in [-0.05, 0) is 42.7 Å². The topological polar surface area (TPSA) is 159 Å². The number of nitrogens with zero attached hydrogens (tertiary/aromatic N) is 1. The number of nitrogens with one attached hydrogen (secondary N) is 3. The molecule has 1 aromatic heterocycles. The molecule has 10 heteroatoms. The number of aromatic amines is 1. The molecule has 0 aliphatic carbocycles. The molecule has 0 spiro atoms. The Kier molecular flexibility index (Phi) is 8.82. The maximum Gasteiger partial charge on any atom is 0.326 e. The number of para-hydroxylation sites is 1. The van der Waals surface area contributed by atoms with Crippen molar-refractivity contribution in [2.24, 2.45) is 10.7 Å². The number of aromatic nitrogens is 1. The summed E-state index contributed by atoms with van der Waals surface area (Å²) < 4.78 is 5.38. The van der Waals surface area contributed by atoms with Crippen LogP contribution >= 0.6 is 0 Å². The van der Waals surface area contributed by atoms with Gasteiger partial charge in [0.05, 0.1) is 13.4 Å². The summed E-state index contributed by atoms with van der Waals surface area (Å²) in [5.41, 5.74) is 7.35. The van der Waals surface area contributed by atoms with E-state index in [0.29, 0.717) is 41.9 Å². The summed E-state index contributed by atoms with van der Waals surface area (Å²) in [7, 11) is 1.46. The zero-order chi connectivity index (χ0) is 25.2. The Morgan fingerprint density at radius 1 is 1.14 bits per heavy atom. The number of fused-ring (bicyclic) bond motifs is 1. The molecule has 184 valence electrons. The van der Waals surface area contributed by atoms with E-state index in [0.717, 1.165) is 11.8 Å². The van der Waals surface area contributed by atoms with Gasteiger partial charge in [0.2, 0.25) is 5.91 Å². The lowest BCUT2D eigenvalue weighted by Gasteiger charge is -2.15. The summed E-state index contributed by atoms with van der Waals surface area (Å²) in [5.74, 6) is -1.50. The van der Waals surface area contributed by atoms with Gasteiger partial charge in [0.25, 0.3) is 5.91 Å². The Morgan fingerprint density at radius 2 is 1.89 bits per heavy atom. The molecule has 0 saturated carbocycles. The molecule has 0 bridgehead atoms. The fraction of sp³-hybridized carbons (Fsp3) is 0.280.